The smallest absolute Gasteiger partial charge is 0.324 e. The highest BCUT2D eigenvalue weighted by Crippen LogP contribution is 2.45. The summed E-state index contributed by atoms with van der Waals surface area (Å²) < 4.78 is 5.14. The number of thioether (sulfide) groups is 1. The molecule has 0 atom stereocenters. The van der Waals surface area contributed by atoms with Crippen LogP contribution in [-0.4, -0.2) is 35.0 Å². The Morgan fingerprint density at radius 1 is 1.30 bits per heavy atom. The topological polar surface area (TPSA) is 155 Å². The van der Waals surface area contributed by atoms with Crippen LogP contribution >= 0.6 is 11.8 Å². The fourth-order valence-electron chi connectivity index (χ4n) is 3.49. The third kappa shape index (κ3) is 4.16. The molecular formula is C19H20N8O2S. The number of anilines is 1. The monoisotopic (exact) mass is 424 g/mol. The molecule has 1 saturated heterocycles. The first-order valence-electron chi connectivity index (χ1n) is 9.75. The Bertz CT molecular complexity index is 1060. The molecule has 0 unspecified atom stereocenters. The van der Waals surface area contributed by atoms with Gasteiger partial charge in [-0.25, -0.2) is 9.98 Å². The lowest BCUT2D eigenvalue weighted by Crippen LogP contribution is -2.60. The van der Waals surface area contributed by atoms with Crippen molar-refractivity contribution in [3.8, 4) is 12.1 Å². The van der Waals surface area contributed by atoms with Gasteiger partial charge in [-0.05, 0) is 49.5 Å². The normalized spacial score (nSPS) is 16.9. The standard InChI is InChI=1S/C19H20N8O2S/c20-8-13-17(12-4-5-12)14(9-21)19(24-18(13)22)30-11-15(28)23-16-10-27(25-29-16)26-6-2-1-3-7-26/h10,12H,1-7,11H2,(H2-,22,23,24,25,28). The summed E-state index contributed by atoms with van der Waals surface area (Å²) in [7, 11) is 0. The van der Waals surface area contributed by atoms with Gasteiger partial charge in [0.2, 0.25) is 5.27 Å². The number of aromatic nitrogens is 3. The second-order valence-electron chi connectivity index (χ2n) is 7.23. The maximum Gasteiger partial charge on any atom is 0.324 e. The van der Waals surface area contributed by atoms with E-state index in [1.807, 2.05) is 5.01 Å². The third-order valence-corrected chi connectivity index (χ3v) is 6.03. The Hall–Kier alpha value is -3.31. The molecule has 2 N–H and O–H groups in total. The lowest BCUT2D eigenvalue weighted by atomic mass is 10.0. The molecule has 0 amide bonds. The third-order valence-electron chi connectivity index (χ3n) is 5.07. The van der Waals surface area contributed by atoms with Crippen molar-refractivity contribution in [3.05, 3.63) is 22.9 Å². The van der Waals surface area contributed by atoms with E-state index in [0.29, 0.717) is 16.2 Å². The highest BCUT2D eigenvalue weighted by molar-refractivity contribution is 7.99. The summed E-state index contributed by atoms with van der Waals surface area (Å²) in [4.78, 5) is 9.71. The molecule has 11 heteroatoms. The molecule has 2 fully saturated rings. The van der Waals surface area contributed by atoms with Gasteiger partial charge in [0.15, 0.2) is 0 Å². The zero-order valence-corrected chi connectivity index (χ0v) is 17.1. The molecule has 0 aromatic carbocycles. The Morgan fingerprint density at radius 2 is 2.03 bits per heavy atom. The Balaban J connectivity index is 1.49. The molecular weight excluding hydrogens is 404 g/mol. The fourth-order valence-corrected chi connectivity index (χ4v) is 4.28. The molecule has 10 nitrogen and oxygen atoms in total. The van der Waals surface area contributed by atoms with E-state index in [4.69, 9.17) is 10.3 Å². The molecule has 3 heterocycles. The van der Waals surface area contributed by atoms with Gasteiger partial charge in [0.05, 0.1) is 29.0 Å². The molecule has 154 valence electrons. The van der Waals surface area contributed by atoms with Gasteiger partial charge in [-0.2, -0.15) is 15.5 Å². The first kappa shape index (κ1) is 20.0. The maximum atomic E-state index is 12.3. The van der Waals surface area contributed by atoms with Crippen LogP contribution in [0.3, 0.4) is 0 Å². The SMILES string of the molecule is N#Cc1c(N)nc(SC/C([O-])=N/c2c[n+](N3CCCCC3)no2)c(C#N)c1C1CC1. The van der Waals surface area contributed by atoms with Gasteiger partial charge in [-0.1, -0.05) is 11.8 Å². The van der Waals surface area contributed by atoms with Crippen LogP contribution in [0.1, 0.15) is 54.7 Å². The minimum Gasteiger partial charge on any atom is -0.861 e. The van der Waals surface area contributed by atoms with Crippen molar-refractivity contribution in [1.82, 2.24) is 10.3 Å². The van der Waals surface area contributed by atoms with Crippen molar-refractivity contribution in [1.29, 1.82) is 10.5 Å². The number of nitrogens with two attached hydrogens (primary N) is 1. The largest absolute Gasteiger partial charge is 0.861 e. The Morgan fingerprint density at radius 3 is 2.70 bits per heavy atom. The number of piperidine rings is 1. The molecule has 4 rings (SSSR count). The minimum absolute atomic E-state index is 0.0401. The number of nitrogens with zero attached hydrogens (tertiary/aromatic N) is 7. The summed E-state index contributed by atoms with van der Waals surface area (Å²) in [6, 6.07) is 4.19. The fraction of sp³-hybridized carbons (Fsp3) is 0.474. The quantitative estimate of drug-likeness (QED) is 0.307. The predicted octanol–water partition coefficient (Wildman–Crippen LogP) is 0.865. The van der Waals surface area contributed by atoms with Crippen LogP contribution in [0.25, 0.3) is 0 Å². The zero-order valence-electron chi connectivity index (χ0n) is 16.2. The molecule has 2 aromatic rings. The van der Waals surface area contributed by atoms with Crippen LogP contribution in [0.4, 0.5) is 11.7 Å². The van der Waals surface area contributed by atoms with Crippen LogP contribution < -0.4 is 20.6 Å². The predicted molar refractivity (Wildman–Crippen MR) is 106 cm³/mol. The van der Waals surface area contributed by atoms with E-state index >= 15 is 0 Å². The van der Waals surface area contributed by atoms with E-state index < -0.39 is 5.90 Å². The van der Waals surface area contributed by atoms with Crippen molar-refractivity contribution >= 4 is 29.4 Å². The molecule has 0 radical (unpaired) electrons. The van der Waals surface area contributed by atoms with Crippen molar-refractivity contribution in [2.24, 2.45) is 4.99 Å². The van der Waals surface area contributed by atoms with Crippen LogP contribution in [-0.2, 0) is 0 Å². The van der Waals surface area contributed by atoms with Crippen LogP contribution in [0.2, 0.25) is 0 Å². The molecule has 30 heavy (non-hydrogen) atoms. The van der Waals surface area contributed by atoms with Gasteiger partial charge in [-0.15, -0.1) is 0 Å². The molecule has 0 bridgehead atoms. The van der Waals surface area contributed by atoms with Crippen molar-refractivity contribution in [3.63, 3.8) is 0 Å². The van der Waals surface area contributed by atoms with E-state index in [2.05, 4.69) is 27.4 Å². The molecule has 2 aromatic heterocycles. The Labute approximate surface area is 177 Å². The second kappa shape index (κ2) is 8.59. The summed E-state index contributed by atoms with van der Waals surface area (Å²) in [5.74, 6) is -0.121. The van der Waals surface area contributed by atoms with E-state index in [0.717, 1.165) is 50.5 Å². The molecule has 1 saturated carbocycles. The number of rotatable bonds is 6. The van der Waals surface area contributed by atoms with Crippen molar-refractivity contribution in [2.75, 3.05) is 29.6 Å². The van der Waals surface area contributed by atoms with E-state index in [9.17, 15) is 15.6 Å². The van der Waals surface area contributed by atoms with Crippen LogP contribution in [0, 0.1) is 22.7 Å². The number of hydrogen-bond donors (Lipinski definition) is 1. The number of hydrogen-bond acceptors (Lipinski definition) is 10. The van der Waals surface area contributed by atoms with Gasteiger partial charge in [-0.3, -0.25) is 4.52 Å². The van der Waals surface area contributed by atoms with Gasteiger partial charge in [0.1, 0.15) is 23.0 Å². The Kier molecular flexibility index (Phi) is 5.72. The van der Waals surface area contributed by atoms with Gasteiger partial charge >= 0.3 is 5.88 Å². The number of pyridine rings is 1. The van der Waals surface area contributed by atoms with Crippen molar-refractivity contribution in [2.45, 2.75) is 43.0 Å². The number of nitrogen functional groups attached to an aromatic ring is 1. The van der Waals surface area contributed by atoms with Gasteiger partial charge in [0, 0.05) is 5.75 Å². The summed E-state index contributed by atoms with van der Waals surface area (Å²) >= 11 is 1.08. The average molecular weight is 424 g/mol. The summed E-state index contributed by atoms with van der Waals surface area (Å²) in [6.07, 6.45) is 6.78. The minimum atomic E-state index is -0.441. The average Bonchev–Trinajstić information content (AvgIpc) is 3.50. The highest BCUT2D eigenvalue weighted by atomic mass is 32.2. The molecule has 1 aliphatic carbocycles. The first-order chi connectivity index (χ1) is 14.6. The second-order valence-corrected chi connectivity index (χ2v) is 8.20. The zero-order chi connectivity index (χ0) is 21.1. The van der Waals surface area contributed by atoms with Gasteiger partial charge < -0.3 is 10.8 Å². The summed E-state index contributed by atoms with van der Waals surface area (Å²) in [5, 5.41) is 37.6. The summed E-state index contributed by atoms with van der Waals surface area (Å²) in [5.41, 5.74) is 7.17. The van der Waals surface area contributed by atoms with Crippen LogP contribution in [0.15, 0.2) is 20.7 Å². The number of nitriles is 2. The lowest BCUT2D eigenvalue weighted by Gasteiger charge is -2.17. The van der Waals surface area contributed by atoms with E-state index in [1.54, 1.807) is 11.0 Å². The summed E-state index contributed by atoms with van der Waals surface area (Å²) in [6.45, 7) is 1.76. The van der Waals surface area contributed by atoms with Crippen molar-refractivity contribution < 1.29 is 14.4 Å². The first-order valence-corrected chi connectivity index (χ1v) is 10.7. The lowest BCUT2D eigenvalue weighted by molar-refractivity contribution is -0.759. The number of aliphatic imine (C=N–C) groups is 1. The van der Waals surface area contributed by atoms with E-state index in [-0.39, 0.29) is 28.9 Å². The van der Waals surface area contributed by atoms with Crippen LogP contribution in [0.5, 0.6) is 0 Å². The van der Waals surface area contributed by atoms with E-state index in [1.165, 1.54) is 6.42 Å². The highest BCUT2D eigenvalue weighted by Gasteiger charge is 2.32. The molecule has 0 spiro atoms. The molecule has 2 aliphatic rings. The molecule has 1 aliphatic heterocycles. The maximum absolute atomic E-state index is 12.3. The van der Waals surface area contributed by atoms with Gasteiger partial charge in [0.25, 0.3) is 6.20 Å².